The third-order valence-electron chi connectivity index (χ3n) is 4.21. The van der Waals surface area contributed by atoms with Gasteiger partial charge < -0.3 is 5.32 Å². The van der Waals surface area contributed by atoms with Gasteiger partial charge in [0.1, 0.15) is 0 Å². The molecule has 0 saturated heterocycles. The zero-order valence-corrected chi connectivity index (χ0v) is 15.0. The number of rotatable bonds is 6. The van der Waals surface area contributed by atoms with E-state index in [1.54, 1.807) is 16.9 Å². The molecule has 0 aliphatic carbocycles. The van der Waals surface area contributed by atoms with Gasteiger partial charge in [-0.2, -0.15) is 5.10 Å². The highest BCUT2D eigenvalue weighted by molar-refractivity contribution is 5.88. The molecule has 2 N–H and O–H groups in total. The van der Waals surface area contributed by atoms with E-state index in [4.69, 9.17) is 0 Å². The number of aryl methyl sites for hydroxylation is 3. The first-order chi connectivity index (χ1) is 12.6. The number of hydrogen-bond acceptors (Lipinski definition) is 3. The zero-order valence-electron chi connectivity index (χ0n) is 15.0. The fourth-order valence-electron chi connectivity index (χ4n) is 2.83. The van der Waals surface area contributed by atoms with Crippen LogP contribution in [0.5, 0.6) is 0 Å². The van der Waals surface area contributed by atoms with Gasteiger partial charge in [-0.25, -0.2) is 4.79 Å². The van der Waals surface area contributed by atoms with E-state index in [1.165, 1.54) is 0 Å². The standard InChI is InChI=1S/C20H23N5O/c1-15-7-3-4-9-18(15)16(2)22-20(26)23-19-11-14-25(24-19)13-10-17-8-5-6-12-21-17/h3-9,11-12,14,16H,10,13H2,1-2H3,(H2,22,23,24,26)/t16-/m0/s1. The van der Waals surface area contributed by atoms with Crippen LogP contribution in [0.25, 0.3) is 0 Å². The molecule has 3 rings (SSSR count). The molecule has 0 radical (unpaired) electrons. The second-order valence-corrected chi connectivity index (χ2v) is 6.21. The van der Waals surface area contributed by atoms with Crippen molar-refractivity contribution in [2.24, 2.45) is 0 Å². The summed E-state index contributed by atoms with van der Waals surface area (Å²) >= 11 is 0. The fraction of sp³-hybridized carbons (Fsp3) is 0.250. The molecule has 6 heteroatoms. The van der Waals surface area contributed by atoms with Crippen molar-refractivity contribution >= 4 is 11.8 Å². The van der Waals surface area contributed by atoms with Gasteiger partial charge in [-0.1, -0.05) is 30.3 Å². The summed E-state index contributed by atoms with van der Waals surface area (Å²) in [5.41, 5.74) is 3.27. The molecule has 26 heavy (non-hydrogen) atoms. The average Bonchev–Trinajstić information content (AvgIpc) is 3.08. The highest BCUT2D eigenvalue weighted by atomic mass is 16.2. The van der Waals surface area contributed by atoms with Gasteiger partial charge in [-0.05, 0) is 37.1 Å². The summed E-state index contributed by atoms with van der Waals surface area (Å²) < 4.78 is 1.80. The van der Waals surface area contributed by atoms with Crippen LogP contribution in [0.3, 0.4) is 0 Å². The highest BCUT2D eigenvalue weighted by Gasteiger charge is 2.12. The summed E-state index contributed by atoms with van der Waals surface area (Å²) in [7, 11) is 0. The first-order valence-corrected chi connectivity index (χ1v) is 8.68. The van der Waals surface area contributed by atoms with Crippen LogP contribution in [-0.2, 0) is 13.0 Å². The van der Waals surface area contributed by atoms with Crippen molar-refractivity contribution < 1.29 is 4.79 Å². The number of urea groups is 1. The number of aromatic nitrogens is 3. The smallest absolute Gasteiger partial charge is 0.320 e. The first kappa shape index (κ1) is 17.7. The monoisotopic (exact) mass is 349 g/mol. The van der Waals surface area contributed by atoms with Crippen LogP contribution in [0.1, 0.15) is 29.8 Å². The number of amides is 2. The minimum absolute atomic E-state index is 0.0811. The maximum Gasteiger partial charge on any atom is 0.320 e. The number of anilines is 1. The normalized spacial score (nSPS) is 11.8. The maximum atomic E-state index is 12.2. The Labute approximate surface area is 153 Å². The minimum atomic E-state index is -0.268. The summed E-state index contributed by atoms with van der Waals surface area (Å²) in [6.07, 6.45) is 4.42. The Morgan fingerprint density at radius 3 is 2.73 bits per heavy atom. The number of nitrogens with one attached hydrogen (secondary N) is 2. The quantitative estimate of drug-likeness (QED) is 0.712. The Kier molecular flexibility index (Phi) is 5.63. The minimum Gasteiger partial charge on any atom is -0.331 e. The summed E-state index contributed by atoms with van der Waals surface area (Å²) in [4.78, 5) is 16.5. The molecular weight excluding hydrogens is 326 g/mol. The van der Waals surface area contributed by atoms with Crippen molar-refractivity contribution in [3.8, 4) is 0 Å². The lowest BCUT2D eigenvalue weighted by molar-refractivity contribution is 0.249. The van der Waals surface area contributed by atoms with Crippen molar-refractivity contribution in [2.45, 2.75) is 32.9 Å². The van der Waals surface area contributed by atoms with Crippen molar-refractivity contribution in [1.29, 1.82) is 0 Å². The lowest BCUT2D eigenvalue weighted by Gasteiger charge is -2.16. The summed E-state index contributed by atoms with van der Waals surface area (Å²) in [6, 6.07) is 15.3. The lowest BCUT2D eigenvalue weighted by atomic mass is 10.0. The molecule has 2 aromatic heterocycles. The number of benzene rings is 1. The predicted molar refractivity (Wildman–Crippen MR) is 102 cm³/mol. The molecule has 2 amide bonds. The van der Waals surface area contributed by atoms with Gasteiger partial charge in [0, 0.05) is 37.1 Å². The molecule has 2 heterocycles. The molecule has 6 nitrogen and oxygen atoms in total. The molecule has 1 atom stereocenters. The molecule has 0 unspecified atom stereocenters. The Bertz CT molecular complexity index is 859. The van der Waals surface area contributed by atoms with Crippen LogP contribution in [0.2, 0.25) is 0 Å². The van der Waals surface area contributed by atoms with E-state index >= 15 is 0 Å². The van der Waals surface area contributed by atoms with Crippen molar-refractivity contribution in [2.75, 3.05) is 5.32 Å². The molecular formula is C20H23N5O. The number of pyridine rings is 1. The first-order valence-electron chi connectivity index (χ1n) is 8.68. The van der Waals surface area contributed by atoms with E-state index in [0.717, 1.165) is 23.2 Å². The molecule has 0 saturated carbocycles. The molecule has 3 aromatic rings. The summed E-state index contributed by atoms with van der Waals surface area (Å²) in [6.45, 7) is 4.71. The Morgan fingerprint density at radius 2 is 1.96 bits per heavy atom. The van der Waals surface area contributed by atoms with Crippen LogP contribution in [0.15, 0.2) is 60.9 Å². The van der Waals surface area contributed by atoms with E-state index < -0.39 is 0 Å². The Hall–Kier alpha value is -3.15. The predicted octanol–water partition coefficient (Wildman–Crippen LogP) is 3.71. The third-order valence-corrected chi connectivity index (χ3v) is 4.21. The molecule has 0 spiro atoms. The van der Waals surface area contributed by atoms with Gasteiger partial charge in [0.2, 0.25) is 0 Å². The van der Waals surface area contributed by atoms with Crippen molar-refractivity contribution in [1.82, 2.24) is 20.1 Å². The third kappa shape index (κ3) is 4.69. The van der Waals surface area contributed by atoms with Gasteiger partial charge in [0.05, 0.1) is 6.04 Å². The second-order valence-electron chi connectivity index (χ2n) is 6.21. The fourth-order valence-corrected chi connectivity index (χ4v) is 2.83. The Morgan fingerprint density at radius 1 is 1.15 bits per heavy atom. The van der Waals surface area contributed by atoms with Crippen molar-refractivity contribution in [3.05, 3.63) is 77.7 Å². The summed E-state index contributed by atoms with van der Waals surface area (Å²) in [5, 5.41) is 10.1. The van der Waals surface area contributed by atoms with E-state index in [2.05, 4.69) is 20.7 Å². The number of carbonyl (C=O) groups is 1. The van der Waals surface area contributed by atoms with Gasteiger partial charge in [-0.15, -0.1) is 0 Å². The SMILES string of the molecule is Cc1ccccc1[C@H](C)NC(=O)Nc1ccn(CCc2ccccn2)n1. The van der Waals surface area contributed by atoms with E-state index in [9.17, 15) is 4.79 Å². The topological polar surface area (TPSA) is 71.8 Å². The van der Waals surface area contributed by atoms with E-state index in [0.29, 0.717) is 12.4 Å². The van der Waals surface area contributed by atoms with Gasteiger partial charge in [-0.3, -0.25) is 15.0 Å². The van der Waals surface area contributed by atoms with Gasteiger partial charge in [0.15, 0.2) is 5.82 Å². The largest absolute Gasteiger partial charge is 0.331 e. The molecule has 1 aromatic carbocycles. The van der Waals surface area contributed by atoms with Crippen LogP contribution in [0, 0.1) is 6.92 Å². The molecule has 0 fully saturated rings. The maximum absolute atomic E-state index is 12.2. The number of nitrogens with zero attached hydrogens (tertiary/aromatic N) is 3. The van der Waals surface area contributed by atoms with Crippen LogP contribution in [-0.4, -0.2) is 20.8 Å². The molecule has 0 aliphatic heterocycles. The van der Waals surface area contributed by atoms with Gasteiger partial charge in [0.25, 0.3) is 0 Å². The van der Waals surface area contributed by atoms with E-state index in [1.807, 2.05) is 62.5 Å². The average molecular weight is 349 g/mol. The zero-order chi connectivity index (χ0) is 18.4. The molecule has 0 aliphatic rings. The summed E-state index contributed by atoms with van der Waals surface area (Å²) in [5.74, 6) is 0.528. The number of carbonyl (C=O) groups excluding carboxylic acids is 1. The molecule has 0 bridgehead atoms. The molecule has 134 valence electrons. The Balaban J connectivity index is 1.52. The number of hydrogen-bond donors (Lipinski definition) is 2. The van der Waals surface area contributed by atoms with E-state index in [-0.39, 0.29) is 12.1 Å². The second kappa shape index (κ2) is 8.29. The lowest BCUT2D eigenvalue weighted by Crippen LogP contribution is -2.31. The van der Waals surface area contributed by atoms with Crippen LogP contribution >= 0.6 is 0 Å². The van der Waals surface area contributed by atoms with Gasteiger partial charge >= 0.3 is 6.03 Å². The highest BCUT2D eigenvalue weighted by Crippen LogP contribution is 2.16. The van der Waals surface area contributed by atoms with Crippen molar-refractivity contribution in [3.63, 3.8) is 0 Å². The van der Waals surface area contributed by atoms with Crippen LogP contribution < -0.4 is 10.6 Å². The van der Waals surface area contributed by atoms with Crippen LogP contribution in [0.4, 0.5) is 10.6 Å².